The highest BCUT2D eigenvalue weighted by molar-refractivity contribution is 7.99. The Balaban J connectivity index is 1.65. The molecule has 1 saturated heterocycles. The first-order chi connectivity index (χ1) is 13.6. The van der Waals surface area contributed by atoms with Crippen LogP contribution in [0.15, 0.2) is 66.1 Å². The molecule has 0 bridgehead atoms. The average Bonchev–Trinajstić information content (AvgIpc) is 2.72. The number of carbonyl (C=O) groups is 1. The van der Waals surface area contributed by atoms with Crippen molar-refractivity contribution in [3.05, 3.63) is 72.3 Å². The lowest BCUT2D eigenvalue weighted by Crippen LogP contribution is -2.34. The summed E-state index contributed by atoms with van der Waals surface area (Å²) >= 11 is 1.63. The van der Waals surface area contributed by atoms with E-state index in [1.165, 1.54) is 18.5 Å². The highest BCUT2D eigenvalue weighted by Crippen LogP contribution is 2.26. The third-order valence-electron chi connectivity index (χ3n) is 5.25. The van der Waals surface area contributed by atoms with Gasteiger partial charge in [-0.15, -0.1) is 18.3 Å². The molecule has 2 atom stereocenters. The van der Waals surface area contributed by atoms with Crippen LogP contribution in [0, 0.1) is 5.92 Å². The summed E-state index contributed by atoms with van der Waals surface area (Å²) in [5.41, 5.74) is 3.12. The molecule has 0 radical (unpaired) electrons. The fourth-order valence-electron chi connectivity index (χ4n) is 3.68. The smallest absolute Gasteiger partial charge is 0.252 e. The quantitative estimate of drug-likeness (QED) is 0.483. The van der Waals surface area contributed by atoms with E-state index in [9.17, 15) is 4.79 Å². The van der Waals surface area contributed by atoms with Crippen LogP contribution in [0.2, 0.25) is 0 Å². The largest absolute Gasteiger partial charge is 0.371 e. The molecular weight excluding hydrogens is 364 g/mol. The number of nitrogens with one attached hydrogen (secondary N) is 1. The fraction of sp³-hybridized carbons (Fsp3) is 0.375. The summed E-state index contributed by atoms with van der Waals surface area (Å²) in [5, 5.41) is 3.14. The number of rotatable bonds is 7. The predicted molar refractivity (Wildman–Crippen MR) is 120 cm³/mol. The first-order valence-electron chi connectivity index (χ1n) is 10.1. The van der Waals surface area contributed by atoms with Gasteiger partial charge in [-0.3, -0.25) is 4.79 Å². The van der Waals surface area contributed by atoms with Crippen LogP contribution in [-0.2, 0) is 0 Å². The van der Waals surface area contributed by atoms with E-state index in [-0.39, 0.29) is 11.9 Å². The van der Waals surface area contributed by atoms with Gasteiger partial charge in [-0.25, -0.2) is 0 Å². The van der Waals surface area contributed by atoms with Gasteiger partial charge in [0.1, 0.15) is 0 Å². The van der Waals surface area contributed by atoms with Crippen LogP contribution in [-0.4, -0.2) is 24.7 Å². The van der Waals surface area contributed by atoms with Crippen LogP contribution < -0.4 is 10.2 Å². The van der Waals surface area contributed by atoms with Gasteiger partial charge in [0.2, 0.25) is 0 Å². The van der Waals surface area contributed by atoms with Crippen molar-refractivity contribution < 1.29 is 4.79 Å². The Morgan fingerprint density at radius 3 is 2.75 bits per heavy atom. The fourth-order valence-corrected chi connectivity index (χ4v) is 4.47. The van der Waals surface area contributed by atoms with E-state index in [4.69, 9.17) is 0 Å². The van der Waals surface area contributed by atoms with E-state index in [1.54, 1.807) is 11.8 Å². The molecule has 0 aromatic heterocycles. The third-order valence-corrected chi connectivity index (χ3v) is 6.32. The molecule has 1 aliphatic heterocycles. The van der Waals surface area contributed by atoms with Crippen LogP contribution in [0.25, 0.3) is 0 Å². The van der Waals surface area contributed by atoms with Crippen molar-refractivity contribution in [2.45, 2.75) is 37.6 Å². The number of amides is 1. The predicted octanol–water partition coefficient (Wildman–Crippen LogP) is 5.69. The summed E-state index contributed by atoms with van der Waals surface area (Å²) in [6.45, 7) is 10.4. The Labute approximate surface area is 173 Å². The van der Waals surface area contributed by atoms with Gasteiger partial charge in [0, 0.05) is 29.4 Å². The molecule has 0 saturated carbocycles. The number of carbonyl (C=O) groups excluding carboxylic acids is 1. The van der Waals surface area contributed by atoms with Gasteiger partial charge in [-0.05, 0) is 55.5 Å². The summed E-state index contributed by atoms with van der Waals surface area (Å²) in [4.78, 5) is 16.3. The maximum absolute atomic E-state index is 12.8. The van der Waals surface area contributed by atoms with Crippen LogP contribution in [0.4, 0.5) is 5.69 Å². The molecule has 4 heteroatoms. The minimum absolute atomic E-state index is 0.0337. The summed E-state index contributed by atoms with van der Waals surface area (Å²) in [6.07, 6.45) is 4.44. The minimum atomic E-state index is -0.0423. The van der Waals surface area contributed by atoms with Crippen molar-refractivity contribution in [2.24, 2.45) is 5.92 Å². The summed E-state index contributed by atoms with van der Waals surface area (Å²) in [5.74, 6) is 1.51. The third kappa shape index (κ3) is 5.20. The second-order valence-corrected chi connectivity index (χ2v) is 8.64. The topological polar surface area (TPSA) is 32.3 Å². The standard InChI is InChI=1S/C24H30N2OS/c1-4-16-28-23-10-6-5-9-22(23)24(27)25-19(3)20-11-13-21(14-12-20)26-15-7-8-18(2)17-26/h4-6,9-14,18-19H,1,7-8,15-17H2,2-3H3,(H,25,27). The lowest BCUT2D eigenvalue weighted by Gasteiger charge is -2.33. The Bertz CT molecular complexity index is 803. The zero-order valence-corrected chi connectivity index (χ0v) is 17.7. The van der Waals surface area contributed by atoms with E-state index in [2.05, 4.69) is 48.0 Å². The maximum Gasteiger partial charge on any atom is 0.252 e. The molecule has 1 heterocycles. The zero-order chi connectivity index (χ0) is 19.9. The second-order valence-electron chi connectivity index (χ2n) is 7.58. The van der Waals surface area contributed by atoms with Crippen LogP contribution >= 0.6 is 11.8 Å². The molecule has 2 unspecified atom stereocenters. The number of thioether (sulfide) groups is 1. The van der Waals surface area contributed by atoms with E-state index in [0.29, 0.717) is 0 Å². The molecule has 1 aliphatic rings. The highest BCUT2D eigenvalue weighted by atomic mass is 32.2. The molecule has 1 fully saturated rings. The van der Waals surface area contributed by atoms with Gasteiger partial charge in [0.05, 0.1) is 11.6 Å². The van der Waals surface area contributed by atoms with Crippen LogP contribution in [0.3, 0.4) is 0 Å². The lowest BCUT2D eigenvalue weighted by molar-refractivity contribution is 0.0937. The molecule has 3 rings (SSSR count). The summed E-state index contributed by atoms with van der Waals surface area (Å²) in [6, 6.07) is 16.3. The van der Waals surface area contributed by atoms with Crippen LogP contribution in [0.1, 0.15) is 48.7 Å². The first kappa shape index (κ1) is 20.5. The molecule has 1 amide bonds. The molecule has 1 N–H and O–H groups in total. The van der Waals surface area contributed by atoms with Crippen molar-refractivity contribution in [3.8, 4) is 0 Å². The summed E-state index contributed by atoms with van der Waals surface area (Å²) in [7, 11) is 0. The maximum atomic E-state index is 12.8. The highest BCUT2D eigenvalue weighted by Gasteiger charge is 2.18. The zero-order valence-electron chi connectivity index (χ0n) is 16.9. The van der Waals surface area contributed by atoms with Gasteiger partial charge >= 0.3 is 0 Å². The van der Waals surface area contributed by atoms with E-state index < -0.39 is 0 Å². The van der Waals surface area contributed by atoms with Crippen molar-refractivity contribution in [3.63, 3.8) is 0 Å². The minimum Gasteiger partial charge on any atom is -0.371 e. The van der Waals surface area contributed by atoms with Gasteiger partial charge in [0.15, 0.2) is 0 Å². The van der Waals surface area contributed by atoms with Gasteiger partial charge in [-0.1, -0.05) is 37.3 Å². The van der Waals surface area contributed by atoms with Crippen molar-refractivity contribution in [2.75, 3.05) is 23.7 Å². The number of hydrogen-bond acceptors (Lipinski definition) is 3. The molecule has 0 spiro atoms. The summed E-state index contributed by atoms with van der Waals surface area (Å²) < 4.78 is 0. The Hall–Kier alpha value is -2.20. The van der Waals surface area contributed by atoms with E-state index in [1.807, 2.05) is 37.3 Å². The van der Waals surface area contributed by atoms with Crippen molar-refractivity contribution in [1.82, 2.24) is 5.32 Å². The number of piperidine rings is 1. The Morgan fingerprint density at radius 1 is 1.29 bits per heavy atom. The van der Waals surface area contributed by atoms with Crippen molar-refractivity contribution in [1.29, 1.82) is 0 Å². The number of anilines is 1. The number of hydrogen-bond donors (Lipinski definition) is 1. The van der Waals surface area contributed by atoms with E-state index >= 15 is 0 Å². The second kappa shape index (κ2) is 9.83. The number of nitrogens with zero attached hydrogens (tertiary/aromatic N) is 1. The first-order valence-corrected chi connectivity index (χ1v) is 11.1. The Kier molecular flexibility index (Phi) is 7.21. The van der Waals surface area contributed by atoms with Gasteiger partial charge in [-0.2, -0.15) is 0 Å². The van der Waals surface area contributed by atoms with Crippen LogP contribution in [0.5, 0.6) is 0 Å². The molecular formula is C24H30N2OS. The van der Waals surface area contributed by atoms with Gasteiger partial charge < -0.3 is 10.2 Å². The number of benzene rings is 2. The monoisotopic (exact) mass is 394 g/mol. The molecule has 28 heavy (non-hydrogen) atoms. The average molecular weight is 395 g/mol. The van der Waals surface area contributed by atoms with Gasteiger partial charge in [0.25, 0.3) is 5.91 Å². The molecule has 148 valence electrons. The SMILES string of the molecule is C=CCSc1ccccc1C(=O)NC(C)c1ccc(N2CCCC(C)C2)cc1. The molecule has 2 aromatic rings. The van der Waals surface area contributed by atoms with E-state index in [0.717, 1.165) is 40.8 Å². The lowest BCUT2D eigenvalue weighted by atomic mass is 9.99. The molecule has 0 aliphatic carbocycles. The normalized spacial score (nSPS) is 17.8. The molecule has 2 aromatic carbocycles. The van der Waals surface area contributed by atoms with Crippen molar-refractivity contribution >= 4 is 23.4 Å². The molecule has 3 nitrogen and oxygen atoms in total. The Morgan fingerprint density at radius 2 is 2.04 bits per heavy atom.